The van der Waals surface area contributed by atoms with E-state index in [1.807, 2.05) is 11.5 Å². The molecule has 9 heteroatoms. The second-order valence-corrected chi connectivity index (χ2v) is 9.76. The average Bonchev–Trinajstić information content (AvgIpc) is 3.24. The molecule has 0 aliphatic carbocycles. The summed E-state index contributed by atoms with van der Waals surface area (Å²) < 4.78 is 7.14. The number of nitrogens with one attached hydrogen (secondary N) is 1. The van der Waals surface area contributed by atoms with Crippen LogP contribution in [-0.2, 0) is 27.6 Å². The van der Waals surface area contributed by atoms with Gasteiger partial charge in [0.15, 0.2) is 5.16 Å². The summed E-state index contributed by atoms with van der Waals surface area (Å²) in [5.74, 6) is 2.01. The van der Waals surface area contributed by atoms with Crippen molar-refractivity contribution in [2.45, 2.75) is 43.5 Å². The highest BCUT2D eigenvalue weighted by molar-refractivity contribution is 7.99. The van der Waals surface area contributed by atoms with Gasteiger partial charge in [-0.25, -0.2) is 4.79 Å². The summed E-state index contributed by atoms with van der Waals surface area (Å²) in [7, 11) is 0. The number of allylic oxidation sites excluding steroid dienone is 1. The average molecular weight is 511 g/mol. The molecule has 0 aliphatic heterocycles. The summed E-state index contributed by atoms with van der Waals surface area (Å²) >= 11 is 3.09. The molecule has 0 unspecified atom stereocenters. The zero-order chi connectivity index (χ0) is 25.0. The van der Waals surface area contributed by atoms with Crippen LogP contribution < -0.4 is 5.32 Å². The van der Waals surface area contributed by atoms with Crippen LogP contribution in [0.1, 0.15) is 40.7 Å². The van der Waals surface area contributed by atoms with E-state index in [1.165, 1.54) is 22.9 Å². The van der Waals surface area contributed by atoms with Crippen LogP contribution in [0.15, 0.2) is 66.3 Å². The van der Waals surface area contributed by atoms with E-state index in [9.17, 15) is 9.59 Å². The number of amides is 1. The molecule has 0 saturated carbocycles. The fraction of sp³-hybridized carbons (Fsp3) is 0.308. The number of ether oxygens (including phenoxy) is 1. The number of hydrogen-bond donors (Lipinski definition) is 1. The normalized spacial score (nSPS) is 10.7. The fourth-order valence-corrected chi connectivity index (χ4v) is 4.81. The first-order valence-electron chi connectivity index (χ1n) is 11.4. The van der Waals surface area contributed by atoms with Gasteiger partial charge in [-0.15, -0.1) is 28.5 Å². The molecule has 184 valence electrons. The Hall–Kier alpha value is -3.04. The van der Waals surface area contributed by atoms with Crippen molar-refractivity contribution in [1.29, 1.82) is 0 Å². The number of anilines is 1. The van der Waals surface area contributed by atoms with E-state index in [0.29, 0.717) is 35.3 Å². The molecule has 1 amide bonds. The Morgan fingerprint density at radius 2 is 1.94 bits per heavy atom. The summed E-state index contributed by atoms with van der Waals surface area (Å²) in [5.41, 5.74) is 3.46. The van der Waals surface area contributed by atoms with Crippen molar-refractivity contribution in [1.82, 2.24) is 14.8 Å². The number of esters is 1. The van der Waals surface area contributed by atoms with E-state index in [-0.39, 0.29) is 11.7 Å². The van der Waals surface area contributed by atoms with Gasteiger partial charge < -0.3 is 14.6 Å². The molecule has 0 radical (unpaired) electrons. The predicted molar refractivity (Wildman–Crippen MR) is 143 cm³/mol. The Bertz CT molecular complexity index is 1150. The van der Waals surface area contributed by atoms with Crippen LogP contribution >= 0.6 is 23.5 Å². The lowest BCUT2D eigenvalue weighted by molar-refractivity contribution is -0.113. The summed E-state index contributed by atoms with van der Waals surface area (Å²) in [6.45, 7) is 8.78. The second-order valence-electron chi connectivity index (χ2n) is 7.83. The minimum absolute atomic E-state index is 0.163. The minimum Gasteiger partial charge on any atom is -0.462 e. The third kappa shape index (κ3) is 8.29. The number of nitrogens with zero attached hydrogens (tertiary/aromatic N) is 3. The van der Waals surface area contributed by atoms with Crippen molar-refractivity contribution in [3.8, 4) is 0 Å². The highest BCUT2D eigenvalue weighted by Gasteiger charge is 2.14. The molecule has 0 bridgehead atoms. The van der Waals surface area contributed by atoms with Crippen LogP contribution in [-0.4, -0.2) is 39.0 Å². The second kappa shape index (κ2) is 13.7. The number of carbonyl (C=O) groups excluding carboxylic acids is 2. The van der Waals surface area contributed by atoms with Gasteiger partial charge in [0.25, 0.3) is 0 Å². The number of rotatable bonds is 13. The monoisotopic (exact) mass is 510 g/mol. The lowest BCUT2D eigenvalue weighted by atomic mass is 10.2. The third-order valence-corrected chi connectivity index (χ3v) is 6.84. The lowest BCUT2D eigenvalue weighted by Crippen LogP contribution is -2.15. The number of carbonyl (C=O) groups is 2. The molecule has 0 fully saturated rings. The van der Waals surface area contributed by atoms with Crippen molar-refractivity contribution in [3.63, 3.8) is 0 Å². The zero-order valence-electron chi connectivity index (χ0n) is 20.0. The molecule has 3 rings (SSSR count). The maximum absolute atomic E-state index is 12.5. The van der Waals surface area contributed by atoms with Gasteiger partial charge in [-0.2, -0.15) is 0 Å². The van der Waals surface area contributed by atoms with Crippen molar-refractivity contribution in [3.05, 3.63) is 83.7 Å². The third-order valence-electron chi connectivity index (χ3n) is 4.88. The van der Waals surface area contributed by atoms with Crippen LogP contribution in [0.5, 0.6) is 0 Å². The van der Waals surface area contributed by atoms with Gasteiger partial charge in [0, 0.05) is 18.0 Å². The summed E-state index contributed by atoms with van der Waals surface area (Å²) in [4.78, 5) is 24.6. The van der Waals surface area contributed by atoms with Gasteiger partial charge >= 0.3 is 5.97 Å². The van der Waals surface area contributed by atoms with E-state index in [0.717, 1.165) is 18.0 Å². The number of aryl methyl sites for hydroxylation is 1. The van der Waals surface area contributed by atoms with Gasteiger partial charge in [-0.1, -0.05) is 60.7 Å². The molecule has 2 aromatic carbocycles. The van der Waals surface area contributed by atoms with Crippen LogP contribution in [0.2, 0.25) is 0 Å². The van der Waals surface area contributed by atoms with Crippen LogP contribution in [0.3, 0.4) is 0 Å². The zero-order valence-corrected chi connectivity index (χ0v) is 21.7. The largest absolute Gasteiger partial charge is 0.462 e. The van der Waals surface area contributed by atoms with E-state index in [4.69, 9.17) is 4.74 Å². The molecule has 7 nitrogen and oxygen atoms in total. The molecule has 1 N–H and O–H groups in total. The highest BCUT2D eigenvalue weighted by atomic mass is 32.2. The first kappa shape index (κ1) is 26.6. The van der Waals surface area contributed by atoms with Crippen molar-refractivity contribution < 1.29 is 14.3 Å². The van der Waals surface area contributed by atoms with E-state index in [2.05, 4.69) is 53.3 Å². The predicted octanol–water partition coefficient (Wildman–Crippen LogP) is 5.50. The van der Waals surface area contributed by atoms with Gasteiger partial charge in [-0.3, -0.25) is 4.79 Å². The summed E-state index contributed by atoms with van der Waals surface area (Å²) in [6, 6.07) is 15.2. The van der Waals surface area contributed by atoms with Crippen molar-refractivity contribution in [2.24, 2.45) is 0 Å². The van der Waals surface area contributed by atoms with Crippen molar-refractivity contribution in [2.75, 3.05) is 17.7 Å². The van der Waals surface area contributed by atoms with E-state index < -0.39 is 5.97 Å². The van der Waals surface area contributed by atoms with Gasteiger partial charge in [0.2, 0.25) is 5.91 Å². The molecule has 0 saturated heterocycles. The van der Waals surface area contributed by atoms with Gasteiger partial charge in [0.1, 0.15) is 5.82 Å². The Kier molecular flexibility index (Phi) is 10.4. The maximum atomic E-state index is 12.5. The Balaban J connectivity index is 1.54. The van der Waals surface area contributed by atoms with Crippen LogP contribution in [0, 0.1) is 6.92 Å². The molecule has 0 atom stereocenters. The standard InChI is InChI=1S/C26H30N4O3S2/c1-4-13-30-23(17-34-16-20-11-9-19(3)10-12-20)28-29-26(30)35-18-24(31)27-22-8-6-7-21(15-22)25(32)33-14-5-2/h4,6-12,15H,1,5,13-14,16-18H2,2-3H3,(H,27,31). The molecule has 3 aromatic rings. The lowest BCUT2D eigenvalue weighted by Gasteiger charge is -2.09. The minimum atomic E-state index is -0.400. The molecular weight excluding hydrogens is 480 g/mol. The SMILES string of the molecule is C=CCn1c(CSCc2ccc(C)cc2)nnc1SCC(=O)Nc1cccc(C(=O)OCCC)c1. The summed E-state index contributed by atoms with van der Waals surface area (Å²) in [6.07, 6.45) is 2.55. The molecule has 35 heavy (non-hydrogen) atoms. The van der Waals surface area contributed by atoms with Crippen LogP contribution in [0.25, 0.3) is 0 Å². The molecule has 1 heterocycles. The van der Waals surface area contributed by atoms with Crippen LogP contribution in [0.4, 0.5) is 5.69 Å². The smallest absolute Gasteiger partial charge is 0.338 e. The topological polar surface area (TPSA) is 86.1 Å². The quantitative estimate of drug-likeness (QED) is 0.184. The molecule has 0 spiro atoms. The van der Waals surface area contributed by atoms with E-state index in [1.54, 1.807) is 42.1 Å². The van der Waals surface area contributed by atoms with Gasteiger partial charge in [-0.05, 0) is 37.1 Å². The molecular formula is C26H30N4O3S2. The number of thioether (sulfide) groups is 2. The maximum Gasteiger partial charge on any atom is 0.338 e. The van der Waals surface area contributed by atoms with Gasteiger partial charge in [0.05, 0.1) is 23.7 Å². The van der Waals surface area contributed by atoms with Crippen molar-refractivity contribution >= 4 is 41.1 Å². The highest BCUT2D eigenvalue weighted by Crippen LogP contribution is 2.22. The Labute approximate surface area is 214 Å². The number of hydrogen-bond acceptors (Lipinski definition) is 7. The first-order chi connectivity index (χ1) is 17.0. The fourth-order valence-electron chi connectivity index (χ4n) is 3.12. The summed E-state index contributed by atoms with van der Waals surface area (Å²) in [5, 5.41) is 12.1. The first-order valence-corrected chi connectivity index (χ1v) is 13.5. The Morgan fingerprint density at radius 1 is 1.14 bits per heavy atom. The molecule has 1 aromatic heterocycles. The molecule has 0 aliphatic rings. The Morgan fingerprint density at radius 3 is 2.69 bits per heavy atom. The number of benzene rings is 2. The number of aromatic nitrogens is 3. The van der Waals surface area contributed by atoms with E-state index >= 15 is 0 Å².